The van der Waals surface area contributed by atoms with E-state index in [0.29, 0.717) is 50.7 Å². The quantitative estimate of drug-likeness (QED) is 0.123. The SMILES string of the molecule is COc1ccc2c(c1)C(c1ccc(Cl)cc1)=N[C@@H](CC(=O)NCc1ccc(B3Oc4ccc(C(=O)NCc5cccc6c5C(=O)N(C5CCC(=O)NC5=O)C6=O)cc4O3)cc1)c1nnc(C)n1-2. The number of aromatic nitrogens is 3. The molecule has 3 N–H and O–H groups in total. The molecule has 1 saturated heterocycles. The molecule has 2 atom stereocenters. The van der Waals surface area contributed by atoms with Crippen LogP contribution in [0.15, 0.2) is 108 Å². The largest absolute Gasteiger partial charge is 0.632 e. The molecule has 67 heavy (non-hydrogen) atoms. The van der Waals surface area contributed by atoms with Crippen molar-refractivity contribution in [2.45, 2.75) is 51.4 Å². The van der Waals surface area contributed by atoms with Gasteiger partial charge in [0.15, 0.2) is 5.82 Å². The minimum Gasteiger partial charge on any atom is -0.519 e. The number of nitrogens with zero attached hydrogens (tertiary/aromatic N) is 5. The Kier molecular flexibility index (Phi) is 11.1. The molecule has 1 unspecified atom stereocenters. The zero-order valence-electron chi connectivity index (χ0n) is 35.9. The molecule has 10 rings (SSSR count). The normalized spacial score (nSPS) is 17.0. The second-order valence-electron chi connectivity index (χ2n) is 16.2. The number of amides is 6. The van der Waals surface area contributed by atoms with E-state index < -0.39 is 48.7 Å². The summed E-state index contributed by atoms with van der Waals surface area (Å²) >= 11 is 6.24. The number of aryl methyl sites for hydroxylation is 1. The molecule has 0 radical (unpaired) electrons. The van der Waals surface area contributed by atoms with E-state index in [2.05, 4.69) is 26.1 Å². The Morgan fingerprint density at radius 1 is 0.866 bits per heavy atom. The Bertz CT molecular complexity index is 3100. The monoisotopic (exact) mass is 916 g/mol. The maximum absolute atomic E-state index is 13.6. The molecule has 6 amide bonds. The number of rotatable bonds is 11. The van der Waals surface area contributed by atoms with Gasteiger partial charge in [-0.3, -0.25) is 48.5 Å². The molecule has 0 saturated carbocycles. The van der Waals surface area contributed by atoms with E-state index in [-0.39, 0.29) is 54.9 Å². The van der Waals surface area contributed by atoms with Gasteiger partial charge in [0.05, 0.1) is 36.1 Å². The highest BCUT2D eigenvalue weighted by atomic mass is 35.5. The molecule has 17 nitrogen and oxygen atoms in total. The highest BCUT2D eigenvalue weighted by Crippen LogP contribution is 2.36. The maximum Gasteiger partial charge on any atom is 0.632 e. The first-order chi connectivity index (χ1) is 32.4. The van der Waals surface area contributed by atoms with Crippen molar-refractivity contribution in [3.05, 3.63) is 159 Å². The van der Waals surface area contributed by atoms with Gasteiger partial charge in [0, 0.05) is 46.7 Å². The molecule has 0 aliphatic carbocycles. The van der Waals surface area contributed by atoms with Crippen LogP contribution in [0.25, 0.3) is 5.69 Å². The van der Waals surface area contributed by atoms with Crippen LogP contribution in [0, 0.1) is 6.92 Å². The van der Waals surface area contributed by atoms with E-state index >= 15 is 0 Å². The first-order valence-corrected chi connectivity index (χ1v) is 21.7. The van der Waals surface area contributed by atoms with E-state index in [9.17, 15) is 28.8 Å². The van der Waals surface area contributed by atoms with Gasteiger partial charge in [-0.15, -0.1) is 10.2 Å². The predicted molar refractivity (Wildman–Crippen MR) is 243 cm³/mol. The van der Waals surface area contributed by atoms with Crippen LogP contribution in [-0.2, 0) is 27.5 Å². The lowest BCUT2D eigenvalue weighted by atomic mass is 9.79. The van der Waals surface area contributed by atoms with E-state index in [1.54, 1.807) is 49.6 Å². The molecular weight excluding hydrogens is 879 g/mol. The molecule has 6 aromatic rings. The number of nitrogens with one attached hydrogen (secondary N) is 3. The van der Waals surface area contributed by atoms with Crippen molar-refractivity contribution < 1.29 is 42.8 Å². The Hall–Kier alpha value is -8.12. The Morgan fingerprint density at radius 3 is 2.43 bits per heavy atom. The Morgan fingerprint density at radius 2 is 1.66 bits per heavy atom. The molecule has 334 valence electrons. The Labute approximate surface area is 387 Å². The van der Waals surface area contributed by atoms with Crippen molar-refractivity contribution >= 4 is 65.3 Å². The van der Waals surface area contributed by atoms with Gasteiger partial charge in [-0.2, -0.15) is 0 Å². The summed E-state index contributed by atoms with van der Waals surface area (Å²) in [6.07, 6.45) is 0.0381. The van der Waals surface area contributed by atoms with E-state index in [4.69, 9.17) is 30.6 Å². The minimum atomic E-state index is -1.10. The lowest BCUT2D eigenvalue weighted by molar-refractivity contribution is -0.136. The minimum absolute atomic E-state index is 0.000582. The summed E-state index contributed by atoms with van der Waals surface area (Å²) < 4.78 is 19.7. The lowest BCUT2D eigenvalue weighted by Crippen LogP contribution is -2.54. The molecule has 0 bridgehead atoms. The number of hydrogen-bond acceptors (Lipinski definition) is 12. The van der Waals surface area contributed by atoms with Crippen LogP contribution in [0.3, 0.4) is 0 Å². The van der Waals surface area contributed by atoms with E-state index in [0.717, 1.165) is 27.3 Å². The smallest absolute Gasteiger partial charge is 0.519 e. The summed E-state index contributed by atoms with van der Waals surface area (Å²) in [6, 6.07) is 28.2. The van der Waals surface area contributed by atoms with Gasteiger partial charge in [-0.1, -0.05) is 60.1 Å². The topological polar surface area (TPSA) is 213 Å². The standard InChI is InChI=1S/C48H38BClN8O9/c1-25-55-56-44-35(53-43(27-8-13-31(50)14-9-27)34-21-32(65-2)15-16-36(34)57(25)44)22-41(60)51-23-26-6-11-30(12-7-26)49-66-38-18-10-28(20-39(38)67-49)45(61)52-24-29-4-3-5-33-42(29)48(64)58(47(33)63)37-17-19-40(59)54-46(37)62/h3-16,18,20-21,35,37H,17,19,22-24H2,1-2H3,(H,51,60)(H,52,61)(H,54,59,62)/t35-,37?/m0/s1. The first kappa shape index (κ1) is 42.8. The first-order valence-electron chi connectivity index (χ1n) is 21.3. The van der Waals surface area contributed by atoms with E-state index in [1.807, 2.05) is 66.1 Å². The summed E-state index contributed by atoms with van der Waals surface area (Å²) in [5.74, 6) is -0.549. The number of carbonyl (C=O) groups is 6. The zero-order valence-corrected chi connectivity index (χ0v) is 36.6. The number of halogens is 1. The van der Waals surface area contributed by atoms with Crippen molar-refractivity contribution in [3.63, 3.8) is 0 Å². The zero-order chi connectivity index (χ0) is 46.5. The van der Waals surface area contributed by atoms with Crippen LogP contribution >= 0.6 is 11.6 Å². The number of aliphatic imine (C=N–C) groups is 1. The van der Waals surface area contributed by atoms with Crippen molar-refractivity contribution in [1.82, 2.24) is 35.6 Å². The molecule has 5 aromatic carbocycles. The highest BCUT2D eigenvalue weighted by molar-refractivity contribution is 6.63. The number of imide groups is 2. The fourth-order valence-corrected chi connectivity index (χ4v) is 8.78. The van der Waals surface area contributed by atoms with Crippen molar-refractivity contribution in [2.75, 3.05) is 7.11 Å². The molecule has 5 heterocycles. The van der Waals surface area contributed by atoms with Crippen LogP contribution in [0.2, 0.25) is 5.02 Å². The maximum atomic E-state index is 13.6. The fraction of sp³-hybridized carbons (Fsp3) is 0.188. The summed E-state index contributed by atoms with van der Waals surface area (Å²) in [4.78, 5) is 84.0. The number of fused-ring (bicyclic) bond motifs is 5. The summed E-state index contributed by atoms with van der Waals surface area (Å²) in [7, 11) is 0.804. The summed E-state index contributed by atoms with van der Waals surface area (Å²) in [6.45, 7) is 2.01. The van der Waals surface area contributed by atoms with Crippen LogP contribution in [0.4, 0.5) is 0 Å². The van der Waals surface area contributed by atoms with Crippen LogP contribution in [-0.4, -0.2) is 81.1 Å². The molecule has 19 heteroatoms. The second-order valence-corrected chi connectivity index (χ2v) is 16.7. The van der Waals surface area contributed by atoms with Crippen LogP contribution < -0.4 is 35.5 Å². The van der Waals surface area contributed by atoms with Gasteiger partial charge in [0.2, 0.25) is 17.7 Å². The van der Waals surface area contributed by atoms with Crippen molar-refractivity contribution in [3.8, 4) is 22.9 Å². The molecule has 1 aromatic heterocycles. The molecule has 4 aliphatic heterocycles. The average molecular weight is 917 g/mol. The number of carbonyl (C=O) groups excluding carboxylic acids is 6. The molecule has 1 fully saturated rings. The predicted octanol–water partition coefficient (Wildman–Crippen LogP) is 4.33. The Balaban J connectivity index is 0.770. The molecule has 0 spiro atoms. The summed E-state index contributed by atoms with van der Waals surface area (Å²) in [5.41, 5.74) is 5.50. The number of piperidine rings is 1. The van der Waals surface area contributed by atoms with E-state index in [1.165, 1.54) is 6.07 Å². The second kappa shape index (κ2) is 17.4. The lowest BCUT2D eigenvalue weighted by Gasteiger charge is -2.27. The molecular formula is C48H38BClN8O9. The van der Waals surface area contributed by atoms with Gasteiger partial charge in [-0.25, -0.2) is 0 Å². The molecule has 4 aliphatic rings. The number of ether oxygens (including phenoxy) is 1. The third-order valence-corrected chi connectivity index (χ3v) is 12.3. The average Bonchev–Trinajstić information content (AvgIpc) is 3.99. The highest BCUT2D eigenvalue weighted by Gasteiger charge is 2.45. The number of benzene rings is 5. The summed E-state index contributed by atoms with van der Waals surface area (Å²) in [5, 5.41) is 17.4. The van der Waals surface area contributed by atoms with Gasteiger partial charge in [0.25, 0.3) is 17.7 Å². The van der Waals surface area contributed by atoms with Gasteiger partial charge in [-0.05, 0) is 79.1 Å². The van der Waals surface area contributed by atoms with Gasteiger partial charge < -0.3 is 24.7 Å². The van der Waals surface area contributed by atoms with Crippen LogP contribution in [0.1, 0.15) is 90.3 Å². The van der Waals surface area contributed by atoms with Crippen LogP contribution in [0.5, 0.6) is 17.2 Å². The van der Waals surface area contributed by atoms with Crippen molar-refractivity contribution in [1.29, 1.82) is 0 Å². The third kappa shape index (κ3) is 8.05. The third-order valence-electron chi connectivity index (χ3n) is 12.0. The van der Waals surface area contributed by atoms with Gasteiger partial charge in [0.1, 0.15) is 35.2 Å². The van der Waals surface area contributed by atoms with Crippen molar-refractivity contribution in [2.24, 2.45) is 4.99 Å². The number of hydrogen-bond donors (Lipinski definition) is 3. The van der Waals surface area contributed by atoms with Gasteiger partial charge >= 0.3 is 7.12 Å². The fourth-order valence-electron chi connectivity index (χ4n) is 8.66. The number of methoxy groups -OCH3 is 1.